The van der Waals surface area contributed by atoms with Gasteiger partial charge in [0.2, 0.25) is 0 Å². The Morgan fingerprint density at radius 2 is 1.93 bits per heavy atom. The number of thiophene rings is 1. The number of aromatic nitrogens is 3. The SMILES string of the molecule is Cn1c(=O)c2c(C[s+]3cccc3)c(C(=O)NCc3ccco3)c(N)nc2n(C)c1=O. The fourth-order valence-corrected chi connectivity index (χ4v) is 4.84. The van der Waals surface area contributed by atoms with Gasteiger partial charge in [0.15, 0.2) is 11.4 Å². The number of amides is 1. The van der Waals surface area contributed by atoms with Gasteiger partial charge in [-0.3, -0.25) is 18.7 Å². The van der Waals surface area contributed by atoms with Gasteiger partial charge in [-0.1, -0.05) is 0 Å². The van der Waals surface area contributed by atoms with E-state index in [1.165, 1.54) is 24.9 Å². The molecule has 4 aromatic rings. The van der Waals surface area contributed by atoms with Crippen molar-refractivity contribution < 1.29 is 9.21 Å². The fraction of sp³-hybridized carbons (Fsp3) is 0.200. The van der Waals surface area contributed by atoms with E-state index >= 15 is 0 Å². The largest absolute Gasteiger partial charge is 0.467 e. The molecule has 0 aliphatic heterocycles. The van der Waals surface area contributed by atoms with Gasteiger partial charge in [0, 0.05) is 19.7 Å². The van der Waals surface area contributed by atoms with E-state index in [1.807, 2.05) is 22.9 Å². The molecule has 1 amide bonds. The highest BCUT2D eigenvalue weighted by atomic mass is 32.2. The number of carbonyl (C=O) groups excluding carboxylic acids is 1. The highest BCUT2D eigenvalue weighted by Gasteiger charge is 2.26. The smallest absolute Gasteiger partial charge is 0.332 e. The van der Waals surface area contributed by atoms with E-state index in [4.69, 9.17) is 10.2 Å². The maximum Gasteiger partial charge on any atom is 0.332 e. The molecule has 0 radical (unpaired) electrons. The number of fused-ring (bicyclic) bond motifs is 1. The van der Waals surface area contributed by atoms with Gasteiger partial charge < -0.3 is 15.5 Å². The number of hydrogen-bond donors (Lipinski definition) is 2. The molecule has 0 fully saturated rings. The highest BCUT2D eigenvalue weighted by Crippen LogP contribution is 2.30. The van der Waals surface area contributed by atoms with Crippen molar-refractivity contribution >= 4 is 33.2 Å². The predicted octanol–water partition coefficient (Wildman–Crippen LogP) is 1.53. The highest BCUT2D eigenvalue weighted by molar-refractivity contribution is 7.27. The minimum atomic E-state index is -0.511. The van der Waals surface area contributed by atoms with Crippen molar-refractivity contribution in [3.63, 3.8) is 0 Å². The monoisotopic (exact) mass is 426 g/mol. The average molecular weight is 426 g/mol. The lowest BCUT2D eigenvalue weighted by atomic mass is 10.1. The summed E-state index contributed by atoms with van der Waals surface area (Å²) >= 11 is 0. The van der Waals surface area contributed by atoms with Crippen molar-refractivity contribution in [1.82, 2.24) is 19.4 Å². The number of pyridine rings is 1. The van der Waals surface area contributed by atoms with Crippen LogP contribution in [-0.2, 0) is 26.4 Å². The van der Waals surface area contributed by atoms with Crippen molar-refractivity contribution in [3.05, 3.63) is 79.0 Å². The predicted molar refractivity (Wildman–Crippen MR) is 115 cm³/mol. The van der Waals surface area contributed by atoms with E-state index in [9.17, 15) is 14.4 Å². The first-order chi connectivity index (χ1) is 14.4. The summed E-state index contributed by atoms with van der Waals surface area (Å²) in [5.41, 5.74) is 5.93. The van der Waals surface area contributed by atoms with Crippen molar-refractivity contribution in [3.8, 4) is 0 Å². The Morgan fingerprint density at radius 3 is 2.60 bits per heavy atom. The number of hydrogen-bond acceptors (Lipinski definition) is 6. The van der Waals surface area contributed by atoms with Crippen LogP contribution in [0.15, 0.2) is 55.3 Å². The molecule has 0 saturated carbocycles. The van der Waals surface area contributed by atoms with Gasteiger partial charge in [0.1, 0.15) is 22.3 Å². The third kappa shape index (κ3) is 3.30. The molecule has 4 aromatic heterocycles. The molecule has 0 bridgehead atoms. The third-order valence-corrected chi connectivity index (χ3v) is 6.51. The van der Waals surface area contributed by atoms with Gasteiger partial charge in [0.25, 0.3) is 11.5 Å². The lowest BCUT2D eigenvalue weighted by Crippen LogP contribution is -2.38. The van der Waals surface area contributed by atoms with E-state index < -0.39 is 17.2 Å². The van der Waals surface area contributed by atoms with Crippen molar-refractivity contribution in [2.45, 2.75) is 12.3 Å². The van der Waals surface area contributed by atoms with E-state index in [2.05, 4.69) is 10.3 Å². The lowest BCUT2D eigenvalue weighted by Gasteiger charge is -2.14. The second kappa shape index (κ2) is 7.64. The summed E-state index contributed by atoms with van der Waals surface area (Å²) in [5, 5.41) is 6.99. The summed E-state index contributed by atoms with van der Waals surface area (Å²) in [6.45, 7) is 0.166. The summed E-state index contributed by atoms with van der Waals surface area (Å²) in [4.78, 5) is 42.7. The summed E-state index contributed by atoms with van der Waals surface area (Å²) in [6.07, 6.45) is 1.52. The number of rotatable bonds is 5. The lowest BCUT2D eigenvalue weighted by molar-refractivity contribution is 0.0948. The second-order valence-electron chi connectivity index (χ2n) is 6.79. The molecular weight excluding hydrogens is 406 g/mol. The fourth-order valence-electron chi connectivity index (χ4n) is 3.35. The van der Waals surface area contributed by atoms with Crippen LogP contribution in [0, 0.1) is 0 Å². The zero-order valence-corrected chi connectivity index (χ0v) is 17.2. The normalized spacial score (nSPS) is 11.1. The first-order valence-electron chi connectivity index (χ1n) is 9.10. The third-order valence-electron chi connectivity index (χ3n) is 4.88. The summed E-state index contributed by atoms with van der Waals surface area (Å²) in [7, 11) is 2.62. The molecule has 0 atom stereocenters. The van der Waals surface area contributed by atoms with Crippen LogP contribution < -0.4 is 22.3 Å². The standard InChI is InChI=1S/C20H19N5O4S/c1-24-17-15(19(27)25(2)20(24)28)13(11-30-8-3-4-9-30)14(16(21)23-17)18(26)22-10-12-6-5-7-29-12/h3-9H,10-11H2,1-2H3,(H2-,21,22,23,26,27)/p+1. The second-order valence-corrected chi connectivity index (χ2v) is 8.56. The van der Waals surface area contributed by atoms with Crippen LogP contribution in [0.2, 0.25) is 0 Å². The van der Waals surface area contributed by atoms with Gasteiger partial charge in [-0.2, -0.15) is 0 Å². The first kappa shape index (κ1) is 19.6. The zero-order valence-electron chi connectivity index (χ0n) is 16.4. The summed E-state index contributed by atoms with van der Waals surface area (Å²) in [6, 6.07) is 7.30. The van der Waals surface area contributed by atoms with E-state index in [1.54, 1.807) is 12.1 Å². The van der Waals surface area contributed by atoms with Crippen LogP contribution in [0.1, 0.15) is 21.7 Å². The van der Waals surface area contributed by atoms with Crippen LogP contribution in [0.25, 0.3) is 11.0 Å². The number of nitrogens with zero attached hydrogens (tertiary/aromatic N) is 3. The minimum absolute atomic E-state index is 0.0338. The Morgan fingerprint density at radius 1 is 1.20 bits per heavy atom. The van der Waals surface area contributed by atoms with E-state index in [0.29, 0.717) is 17.1 Å². The molecule has 10 heteroatoms. The first-order valence-corrected chi connectivity index (χ1v) is 10.6. The Balaban J connectivity index is 1.94. The molecule has 4 heterocycles. The quantitative estimate of drug-likeness (QED) is 0.466. The number of anilines is 1. The molecular formula is C20H20N5O4S+. The maximum absolute atomic E-state index is 13.1. The maximum atomic E-state index is 13.1. The topological polar surface area (TPSA) is 125 Å². The molecule has 9 nitrogen and oxygen atoms in total. The molecule has 0 aliphatic carbocycles. The van der Waals surface area contributed by atoms with E-state index in [-0.39, 0.29) is 39.4 Å². The minimum Gasteiger partial charge on any atom is -0.467 e. The van der Waals surface area contributed by atoms with E-state index in [0.717, 1.165) is 4.57 Å². The number of nitrogens with two attached hydrogens (primary N) is 1. The zero-order chi connectivity index (χ0) is 21.4. The van der Waals surface area contributed by atoms with Crippen molar-refractivity contribution in [2.75, 3.05) is 5.73 Å². The number of furan rings is 1. The van der Waals surface area contributed by atoms with Crippen LogP contribution >= 0.6 is 10.5 Å². The van der Waals surface area contributed by atoms with Crippen molar-refractivity contribution in [2.24, 2.45) is 14.1 Å². The number of aryl methyl sites for hydroxylation is 1. The average Bonchev–Trinajstić information content (AvgIpc) is 3.43. The molecule has 154 valence electrons. The summed E-state index contributed by atoms with van der Waals surface area (Å²) in [5.74, 6) is 0.486. The van der Waals surface area contributed by atoms with Crippen LogP contribution in [0.4, 0.5) is 5.82 Å². The van der Waals surface area contributed by atoms with Gasteiger partial charge >= 0.3 is 5.69 Å². The molecule has 0 spiro atoms. The van der Waals surface area contributed by atoms with Crippen LogP contribution in [-0.4, -0.2) is 20.0 Å². The van der Waals surface area contributed by atoms with Gasteiger partial charge in [-0.25, -0.2) is 9.78 Å². The molecule has 30 heavy (non-hydrogen) atoms. The molecule has 4 rings (SSSR count). The van der Waals surface area contributed by atoms with Crippen LogP contribution in [0.3, 0.4) is 0 Å². The van der Waals surface area contributed by atoms with Crippen molar-refractivity contribution in [1.29, 1.82) is 0 Å². The Kier molecular flexibility index (Phi) is 5.00. The number of nitrogens with one attached hydrogen (secondary N) is 1. The molecule has 3 N–H and O–H groups in total. The molecule has 0 unspecified atom stereocenters. The molecule has 0 aromatic carbocycles. The number of carbonyl (C=O) groups is 1. The molecule has 0 saturated heterocycles. The van der Waals surface area contributed by atoms with Crippen LogP contribution in [0.5, 0.6) is 0 Å². The van der Waals surface area contributed by atoms with Gasteiger partial charge in [-0.05, 0) is 34.7 Å². The van der Waals surface area contributed by atoms with Gasteiger partial charge in [-0.15, -0.1) is 0 Å². The Labute approximate surface area is 173 Å². The van der Waals surface area contributed by atoms with Gasteiger partial charge in [0.05, 0.1) is 23.8 Å². The Bertz CT molecular complexity index is 1350. The molecule has 0 aliphatic rings. The summed E-state index contributed by atoms with van der Waals surface area (Å²) < 4.78 is 7.53. The number of nitrogen functional groups attached to an aromatic ring is 1. The Hall–Kier alpha value is -3.66.